The number of benzene rings is 3. The van der Waals surface area contributed by atoms with E-state index >= 15 is 0 Å². The van der Waals surface area contributed by atoms with Gasteiger partial charge in [-0.25, -0.2) is 0 Å². The smallest absolute Gasteiger partial charge is 0.261 e. The van der Waals surface area contributed by atoms with E-state index in [1.807, 2.05) is 81.4 Å². The molecule has 0 aliphatic rings. The van der Waals surface area contributed by atoms with Gasteiger partial charge >= 0.3 is 0 Å². The number of aryl methyl sites for hydroxylation is 1. The van der Waals surface area contributed by atoms with E-state index in [4.69, 9.17) is 16.3 Å². The molecule has 0 aromatic heterocycles. The Bertz CT molecular complexity index is 1100. The molecule has 0 heterocycles. The van der Waals surface area contributed by atoms with Crippen LogP contribution in [0.4, 0.5) is 0 Å². The normalized spacial score (nSPS) is 11.7. The average Bonchev–Trinajstić information content (AvgIpc) is 2.86. The van der Waals surface area contributed by atoms with Crippen LogP contribution in [0.3, 0.4) is 0 Å². The second-order valence-corrected chi connectivity index (χ2v) is 9.46. The number of ether oxygens (including phenoxy) is 1. The molecule has 184 valence electrons. The molecule has 0 fully saturated rings. The SMILES string of the molecule is Cc1cc(OCC(=O)N(Cc2ccccc2)[C@H](Cc2ccccc2)C(=O)NCC(C)C)ccc1Cl. The lowest BCUT2D eigenvalue weighted by Crippen LogP contribution is -2.52. The van der Waals surface area contributed by atoms with Gasteiger partial charge in [0.2, 0.25) is 5.91 Å². The quantitative estimate of drug-likeness (QED) is 0.387. The van der Waals surface area contributed by atoms with E-state index in [1.165, 1.54) is 0 Å². The minimum Gasteiger partial charge on any atom is -0.484 e. The third-order valence-electron chi connectivity index (χ3n) is 5.64. The summed E-state index contributed by atoms with van der Waals surface area (Å²) in [5, 5.41) is 3.66. The second-order valence-electron chi connectivity index (χ2n) is 9.05. The maximum Gasteiger partial charge on any atom is 0.261 e. The Morgan fingerprint density at radius 2 is 1.57 bits per heavy atom. The Balaban J connectivity index is 1.87. The topological polar surface area (TPSA) is 58.6 Å². The second kappa shape index (κ2) is 13.0. The standard InChI is InChI=1S/C29H33ClN2O3/c1-21(2)18-31-29(34)27(17-23-10-6-4-7-11-23)32(19-24-12-8-5-9-13-24)28(33)20-35-25-14-15-26(30)22(3)16-25/h4-16,21,27H,17-20H2,1-3H3,(H,31,34)/t27-/m1/s1. The molecule has 2 amide bonds. The van der Waals surface area contributed by atoms with Crippen molar-refractivity contribution in [2.75, 3.05) is 13.2 Å². The lowest BCUT2D eigenvalue weighted by atomic mass is 10.0. The first-order valence-electron chi connectivity index (χ1n) is 11.9. The van der Waals surface area contributed by atoms with Crippen LogP contribution in [0.5, 0.6) is 5.75 Å². The third-order valence-corrected chi connectivity index (χ3v) is 6.07. The number of nitrogens with zero attached hydrogens (tertiary/aromatic N) is 1. The molecule has 0 radical (unpaired) electrons. The minimum atomic E-state index is -0.681. The summed E-state index contributed by atoms with van der Waals surface area (Å²) in [6, 6.07) is 24.1. The van der Waals surface area contributed by atoms with Crippen LogP contribution in [0.2, 0.25) is 5.02 Å². The first-order valence-corrected chi connectivity index (χ1v) is 12.2. The van der Waals surface area contributed by atoms with E-state index in [2.05, 4.69) is 5.32 Å². The van der Waals surface area contributed by atoms with E-state index in [9.17, 15) is 9.59 Å². The third kappa shape index (κ3) is 8.15. The van der Waals surface area contributed by atoms with Crippen LogP contribution in [0.1, 0.15) is 30.5 Å². The Morgan fingerprint density at radius 3 is 2.17 bits per heavy atom. The van der Waals surface area contributed by atoms with Crippen LogP contribution < -0.4 is 10.1 Å². The number of hydrogen-bond donors (Lipinski definition) is 1. The van der Waals surface area contributed by atoms with E-state index in [-0.39, 0.29) is 18.4 Å². The molecular formula is C29H33ClN2O3. The summed E-state index contributed by atoms with van der Waals surface area (Å²) < 4.78 is 5.82. The van der Waals surface area contributed by atoms with Crippen LogP contribution in [-0.2, 0) is 22.6 Å². The summed E-state index contributed by atoms with van der Waals surface area (Å²) in [6.07, 6.45) is 0.406. The predicted molar refractivity (Wildman–Crippen MR) is 140 cm³/mol. The van der Waals surface area contributed by atoms with E-state index in [0.717, 1.165) is 16.7 Å². The van der Waals surface area contributed by atoms with Gasteiger partial charge in [0.05, 0.1) is 0 Å². The summed E-state index contributed by atoms with van der Waals surface area (Å²) >= 11 is 6.11. The summed E-state index contributed by atoms with van der Waals surface area (Å²) in [5.41, 5.74) is 2.79. The molecule has 1 atom stereocenters. The maximum absolute atomic E-state index is 13.5. The van der Waals surface area contributed by atoms with Crippen molar-refractivity contribution in [2.24, 2.45) is 5.92 Å². The minimum absolute atomic E-state index is 0.172. The van der Waals surface area contributed by atoms with Crippen molar-refractivity contribution >= 4 is 23.4 Å². The molecule has 35 heavy (non-hydrogen) atoms. The highest BCUT2D eigenvalue weighted by atomic mass is 35.5. The highest BCUT2D eigenvalue weighted by molar-refractivity contribution is 6.31. The molecule has 3 rings (SSSR count). The average molecular weight is 493 g/mol. The Morgan fingerprint density at radius 1 is 0.943 bits per heavy atom. The van der Waals surface area contributed by atoms with E-state index in [1.54, 1.807) is 23.1 Å². The van der Waals surface area contributed by atoms with Crippen molar-refractivity contribution < 1.29 is 14.3 Å². The molecule has 0 aliphatic heterocycles. The molecule has 5 nitrogen and oxygen atoms in total. The molecule has 0 bridgehead atoms. The fourth-order valence-electron chi connectivity index (χ4n) is 3.69. The van der Waals surface area contributed by atoms with Crippen molar-refractivity contribution in [3.63, 3.8) is 0 Å². The first kappa shape index (κ1) is 26.3. The van der Waals surface area contributed by atoms with Gasteiger partial charge in [0.15, 0.2) is 6.61 Å². The van der Waals surface area contributed by atoms with Gasteiger partial charge < -0.3 is 15.0 Å². The zero-order valence-electron chi connectivity index (χ0n) is 20.5. The van der Waals surface area contributed by atoms with E-state index < -0.39 is 6.04 Å². The molecule has 0 aliphatic carbocycles. The van der Waals surface area contributed by atoms with Crippen molar-refractivity contribution in [2.45, 2.75) is 39.8 Å². The fraction of sp³-hybridized carbons (Fsp3) is 0.310. The summed E-state index contributed by atoms with van der Waals surface area (Å²) in [6.45, 7) is 6.63. The van der Waals surface area contributed by atoms with Crippen LogP contribution >= 0.6 is 11.6 Å². The van der Waals surface area contributed by atoms with Crippen molar-refractivity contribution in [3.8, 4) is 5.75 Å². The first-order chi connectivity index (χ1) is 16.8. The van der Waals surface area contributed by atoms with Gasteiger partial charge in [0.1, 0.15) is 11.8 Å². The molecule has 6 heteroatoms. The van der Waals surface area contributed by atoms with Gasteiger partial charge in [-0.05, 0) is 47.7 Å². The lowest BCUT2D eigenvalue weighted by Gasteiger charge is -2.31. The number of amides is 2. The molecule has 0 saturated carbocycles. The summed E-state index contributed by atoms with van der Waals surface area (Å²) in [7, 11) is 0. The van der Waals surface area contributed by atoms with Crippen molar-refractivity contribution in [1.82, 2.24) is 10.2 Å². The van der Waals surface area contributed by atoms with Gasteiger partial charge in [-0.15, -0.1) is 0 Å². The molecule has 3 aromatic carbocycles. The number of carbonyl (C=O) groups is 2. The number of rotatable bonds is 11. The maximum atomic E-state index is 13.5. The molecule has 0 unspecified atom stereocenters. The largest absolute Gasteiger partial charge is 0.484 e. The highest BCUT2D eigenvalue weighted by Crippen LogP contribution is 2.21. The van der Waals surface area contributed by atoms with Crippen LogP contribution in [-0.4, -0.2) is 35.9 Å². The van der Waals surface area contributed by atoms with Crippen LogP contribution in [0.15, 0.2) is 78.9 Å². The van der Waals surface area contributed by atoms with Crippen LogP contribution in [0.25, 0.3) is 0 Å². The summed E-state index contributed by atoms with van der Waals surface area (Å²) in [4.78, 5) is 28.6. The van der Waals surface area contributed by atoms with Gasteiger partial charge in [-0.1, -0.05) is 86.1 Å². The van der Waals surface area contributed by atoms with Gasteiger partial charge in [0, 0.05) is 24.5 Å². The van der Waals surface area contributed by atoms with Crippen molar-refractivity contribution in [3.05, 3.63) is 101 Å². The van der Waals surface area contributed by atoms with Gasteiger partial charge in [-0.2, -0.15) is 0 Å². The predicted octanol–water partition coefficient (Wildman–Crippen LogP) is 5.44. The Kier molecular flexibility index (Phi) is 9.74. The number of halogens is 1. The van der Waals surface area contributed by atoms with Gasteiger partial charge in [0.25, 0.3) is 5.91 Å². The van der Waals surface area contributed by atoms with E-state index in [0.29, 0.717) is 36.2 Å². The molecule has 3 aromatic rings. The number of hydrogen-bond acceptors (Lipinski definition) is 3. The Hall–Kier alpha value is -3.31. The van der Waals surface area contributed by atoms with Gasteiger partial charge in [-0.3, -0.25) is 9.59 Å². The summed E-state index contributed by atoms with van der Waals surface area (Å²) in [5.74, 6) is 0.422. The number of nitrogens with one attached hydrogen (secondary N) is 1. The monoisotopic (exact) mass is 492 g/mol. The zero-order chi connectivity index (χ0) is 25.2. The Labute approximate surface area is 213 Å². The molecule has 1 N–H and O–H groups in total. The molecule has 0 spiro atoms. The van der Waals surface area contributed by atoms with Crippen molar-refractivity contribution in [1.29, 1.82) is 0 Å². The molecular weight excluding hydrogens is 460 g/mol. The van der Waals surface area contributed by atoms with Crippen LogP contribution in [0, 0.1) is 12.8 Å². The molecule has 0 saturated heterocycles. The highest BCUT2D eigenvalue weighted by Gasteiger charge is 2.30. The zero-order valence-corrected chi connectivity index (χ0v) is 21.3. The lowest BCUT2D eigenvalue weighted by molar-refractivity contribution is -0.142. The fourth-order valence-corrected chi connectivity index (χ4v) is 3.81. The number of carbonyl (C=O) groups excluding carboxylic acids is 2.